The number of ether oxygens (including phenoxy) is 2. The summed E-state index contributed by atoms with van der Waals surface area (Å²) in [6.45, 7) is 4.78. The van der Waals surface area contributed by atoms with E-state index in [4.69, 9.17) is 9.47 Å². The first kappa shape index (κ1) is 26.7. The van der Waals surface area contributed by atoms with Crippen molar-refractivity contribution in [3.63, 3.8) is 0 Å². The summed E-state index contributed by atoms with van der Waals surface area (Å²) in [5, 5.41) is 10.5. The summed E-state index contributed by atoms with van der Waals surface area (Å²) in [5.74, 6) is 0.759. The van der Waals surface area contributed by atoms with Crippen molar-refractivity contribution in [2.75, 3.05) is 6.61 Å². The molecule has 8 nitrogen and oxygen atoms in total. The van der Waals surface area contributed by atoms with Gasteiger partial charge in [0.2, 0.25) is 0 Å². The molecule has 0 saturated carbocycles. The van der Waals surface area contributed by atoms with Crippen LogP contribution in [-0.2, 0) is 17.9 Å². The van der Waals surface area contributed by atoms with Crippen LogP contribution in [0.4, 0.5) is 10.5 Å². The number of amides is 2. The molecule has 0 aliphatic carbocycles. The predicted molar refractivity (Wildman–Crippen MR) is 150 cm³/mol. The first-order chi connectivity index (χ1) is 17.8. The first-order valence-electron chi connectivity index (χ1n) is 11.4. The van der Waals surface area contributed by atoms with Crippen LogP contribution in [-0.4, -0.2) is 27.6 Å². The van der Waals surface area contributed by atoms with Crippen molar-refractivity contribution in [1.82, 2.24) is 4.90 Å². The smallest absolute Gasteiger partial charge is 0.293 e. The van der Waals surface area contributed by atoms with Gasteiger partial charge in [0.05, 0.1) is 26.6 Å². The van der Waals surface area contributed by atoms with Gasteiger partial charge in [-0.15, -0.1) is 0 Å². The van der Waals surface area contributed by atoms with E-state index >= 15 is 0 Å². The van der Waals surface area contributed by atoms with Gasteiger partial charge in [0.1, 0.15) is 6.61 Å². The number of nitro groups is 1. The Kier molecular flexibility index (Phi) is 8.49. The first-order valence-corrected chi connectivity index (χ1v) is 13.3. The molecule has 0 atom stereocenters. The van der Waals surface area contributed by atoms with Gasteiger partial charge >= 0.3 is 0 Å². The fourth-order valence-electron chi connectivity index (χ4n) is 3.69. The second kappa shape index (κ2) is 11.8. The van der Waals surface area contributed by atoms with E-state index in [1.54, 1.807) is 12.1 Å². The van der Waals surface area contributed by atoms with Gasteiger partial charge in [-0.2, -0.15) is 0 Å². The summed E-state index contributed by atoms with van der Waals surface area (Å²) < 4.78 is 12.8. The quantitative estimate of drug-likeness (QED) is 0.112. The summed E-state index contributed by atoms with van der Waals surface area (Å²) in [5.41, 5.74) is 3.49. The number of hydrogen-bond acceptors (Lipinski definition) is 7. The molecule has 3 aromatic rings. The molecule has 0 aromatic heterocycles. The van der Waals surface area contributed by atoms with E-state index in [9.17, 15) is 19.7 Å². The third-order valence-corrected chi connectivity index (χ3v) is 7.33. The number of benzene rings is 3. The molecule has 4 rings (SSSR count). The third-order valence-electron chi connectivity index (χ3n) is 5.62. The van der Waals surface area contributed by atoms with Crippen molar-refractivity contribution < 1.29 is 24.0 Å². The normalized spacial score (nSPS) is 14.4. The molecule has 0 unspecified atom stereocenters. The third kappa shape index (κ3) is 6.31. The highest BCUT2D eigenvalue weighted by atomic mass is 127. The number of hydrogen-bond donors (Lipinski definition) is 0. The largest absolute Gasteiger partial charge is 0.490 e. The number of nitrogens with zero attached hydrogens (tertiary/aromatic N) is 2. The zero-order valence-electron chi connectivity index (χ0n) is 20.1. The summed E-state index contributed by atoms with van der Waals surface area (Å²) in [6, 6.07) is 17.5. The average molecular weight is 630 g/mol. The Balaban J connectivity index is 1.54. The van der Waals surface area contributed by atoms with E-state index in [1.807, 2.05) is 44.2 Å². The number of imide groups is 1. The number of rotatable bonds is 9. The van der Waals surface area contributed by atoms with Crippen molar-refractivity contribution in [2.45, 2.75) is 27.0 Å². The van der Waals surface area contributed by atoms with Gasteiger partial charge < -0.3 is 9.47 Å². The second-order valence-electron chi connectivity index (χ2n) is 8.17. The second-order valence-corrected chi connectivity index (χ2v) is 10.3. The monoisotopic (exact) mass is 630 g/mol. The molecule has 1 heterocycles. The molecule has 1 fully saturated rings. The molecule has 3 aromatic carbocycles. The van der Waals surface area contributed by atoms with Gasteiger partial charge in [-0.05, 0) is 88.7 Å². The van der Waals surface area contributed by atoms with E-state index in [0.717, 1.165) is 31.4 Å². The summed E-state index contributed by atoms with van der Waals surface area (Å²) in [7, 11) is 0. The lowest BCUT2D eigenvalue weighted by Crippen LogP contribution is -2.27. The topological polar surface area (TPSA) is 99.0 Å². The Bertz CT molecular complexity index is 1390. The lowest BCUT2D eigenvalue weighted by molar-refractivity contribution is -0.384. The maximum atomic E-state index is 13.0. The van der Waals surface area contributed by atoms with Gasteiger partial charge in [0, 0.05) is 12.1 Å². The van der Waals surface area contributed by atoms with Crippen LogP contribution < -0.4 is 9.47 Å². The molecule has 0 bridgehead atoms. The molecule has 1 aliphatic heterocycles. The lowest BCUT2D eigenvalue weighted by Gasteiger charge is -2.16. The standard InChI is InChI=1S/C27H23IN2O6S/c1-3-35-23-13-19(12-22(28)25(23)36-16-20-7-5-4-6-17(20)2)14-24-26(31)29(27(32)37-24)15-18-8-10-21(11-9-18)30(33)34/h4-14H,3,15-16H2,1-2H3/b24-14-. The fourth-order valence-corrected chi connectivity index (χ4v) is 5.31. The van der Waals surface area contributed by atoms with Crippen LogP contribution in [0.25, 0.3) is 6.08 Å². The zero-order chi connectivity index (χ0) is 26.5. The molecule has 37 heavy (non-hydrogen) atoms. The van der Waals surface area contributed by atoms with E-state index < -0.39 is 16.1 Å². The number of nitro benzene ring substituents is 1. The molecule has 0 radical (unpaired) electrons. The lowest BCUT2D eigenvalue weighted by atomic mass is 10.1. The van der Waals surface area contributed by atoms with Gasteiger partial charge in [0.15, 0.2) is 11.5 Å². The van der Waals surface area contributed by atoms with E-state index in [1.165, 1.54) is 24.3 Å². The summed E-state index contributed by atoms with van der Waals surface area (Å²) >= 11 is 3.03. The van der Waals surface area contributed by atoms with Gasteiger partial charge in [-0.1, -0.05) is 36.4 Å². The summed E-state index contributed by atoms with van der Waals surface area (Å²) in [6.07, 6.45) is 1.66. The van der Waals surface area contributed by atoms with Crippen molar-refractivity contribution in [3.8, 4) is 11.5 Å². The number of carbonyl (C=O) groups is 2. The number of aryl methyl sites for hydroxylation is 1. The van der Waals surface area contributed by atoms with Crippen LogP contribution in [0.5, 0.6) is 11.5 Å². The molecule has 2 amide bonds. The number of thioether (sulfide) groups is 1. The Labute approximate surface area is 231 Å². The van der Waals surface area contributed by atoms with E-state index in [-0.39, 0.29) is 12.2 Å². The van der Waals surface area contributed by atoms with Crippen molar-refractivity contribution in [1.29, 1.82) is 0 Å². The highest BCUT2D eigenvalue weighted by Gasteiger charge is 2.35. The molecule has 1 aliphatic rings. The Morgan fingerprint density at radius 2 is 1.81 bits per heavy atom. The molecule has 0 N–H and O–H groups in total. The number of carbonyl (C=O) groups excluding carboxylic acids is 2. The summed E-state index contributed by atoms with van der Waals surface area (Å²) in [4.78, 5) is 37.4. The maximum absolute atomic E-state index is 13.0. The van der Waals surface area contributed by atoms with Crippen molar-refractivity contribution in [2.24, 2.45) is 0 Å². The zero-order valence-corrected chi connectivity index (χ0v) is 23.1. The molecule has 10 heteroatoms. The maximum Gasteiger partial charge on any atom is 0.293 e. The predicted octanol–water partition coefficient (Wildman–Crippen LogP) is 6.72. The molecular formula is C27H23IN2O6S. The highest BCUT2D eigenvalue weighted by Crippen LogP contribution is 2.38. The van der Waals surface area contributed by atoms with Crippen LogP contribution in [0, 0.1) is 20.6 Å². The van der Waals surface area contributed by atoms with Crippen molar-refractivity contribution >= 4 is 57.3 Å². The van der Waals surface area contributed by atoms with Crippen LogP contribution in [0.2, 0.25) is 0 Å². The van der Waals surface area contributed by atoms with Crippen molar-refractivity contribution in [3.05, 3.63) is 102 Å². The average Bonchev–Trinajstić information content (AvgIpc) is 3.12. The molecule has 0 spiro atoms. The Hall–Kier alpha value is -3.38. The Morgan fingerprint density at radius 3 is 2.49 bits per heavy atom. The minimum Gasteiger partial charge on any atom is -0.490 e. The van der Waals surface area contributed by atoms with Crippen LogP contribution in [0.3, 0.4) is 0 Å². The number of non-ortho nitro benzene ring substituents is 1. The number of halogens is 1. The minimum absolute atomic E-state index is 0.0351. The highest BCUT2D eigenvalue weighted by molar-refractivity contribution is 14.1. The fraction of sp³-hybridized carbons (Fsp3) is 0.185. The van der Waals surface area contributed by atoms with Gasteiger partial charge in [-0.3, -0.25) is 24.6 Å². The Morgan fingerprint density at radius 1 is 1.08 bits per heavy atom. The van der Waals surface area contributed by atoms with Gasteiger partial charge in [0.25, 0.3) is 16.8 Å². The molecule has 1 saturated heterocycles. The van der Waals surface area contributed by atoms with E-state index in [2.05, 4.69) is 22.6 Å². The molecule has 190 valence electrons. The van der Waals surface area contributed by atoms with Crippen LogP contribution in [0.1, 0.15) is 29.2 Å². The van der Waals surface area contributed by atoms with E-state index in [0.29, 0.717) is 40.7 Å². The van der Waals surface area contributed by atoms with Crippen LogP contribution in [0.15, 0.2) is 65.6 Å². The van der Waals surface area contributed by atoms with Crippen LogP contribution >= 0.6 is 34.4 Å². The SMILES string of the molecule is CCOc1cc(/C=C2\SC(=O)N(Cc3ccc([N+](=O)[O-])cc3)C2=O)cc(I)c1OCc1ccccc1C. The van der Waals surface area contributed by atoms with Gasteiger partial charge in [-0.25, -0.2) is 0 Å². The molecular weight excluding hydrogens is 607 g/mol. The minimum atomic E-state index is -0.496.